The fourth-order valence-corrected chi connectivity index (χ4v) is 3.58. The first kappa shape index (κ1) is 18.7. The van der Waals surface area contributed by atoms with Crippen molar-refractivity contribution in [3.8, 4) is 5.75 Å². The Balaban J connectivity index is 1.44. The standard InChI is InChI=1S/C19H27N3O4/c20-18(23)13-26-17-3-1-14(2-4-17)19(24)21-15-5-9-22(10-6-15)16-7-11-25-12-8-16/h1-4,15-16H,5-13H2,(H2,20,23)(H,21,24). The van der Waals surface area contributed by atoms with Gasteiger partial charge in [0.05, 0.1) is 0 Å². The van der Waals surface area contributed by atoms with Gasteiger partial charge in [-0.3, -0.25) is 9.59 Å². The Morgan fingerprint density at radius 3 is 2.38 bits per heavy atom. The minimum absolute atomic E-state index is 0.0732. The molecule has 1 aromatic rings. The van der Waals surface area contributed by atoms with E-state index in [1.807, 2.05) is 0 Å². The van der Waals surface area contributed by atoms with Crippen molar-refractivity contribution in [2.24, 2.45) is 5.73 Å². The van der Waals surface area contributed by atoms with Crippen molar-refractivity contribution in [2.45, 2.75) is 37.8 Å². The van der Waals surface area contributed by atoms with Gasteiger partial charge in [0.2, 0.25) is 0 Å². The number of nitrogens with two attached hydrogens (primary N) is 1. The van der Waals surface area contributed by atoms with Gasteiger partial charge in [-0.25, -0.2) is 0 Å². The number of piperidine rings is 1. The molecule has 2 aliphatic heterocycles. The number of amides is 2. The third kappa shape index (κ3) is 5.19. The highest BCUT2D eigenvalue weighted by molar-refractivity contribution is 5.94. The van der Waals surface area contributed by atoms with Crippen LogP contribution in [0.4, 0.5) is 0 Å². The van der Waals surface area contributed by atoms with Crippen molar-refractivity contribution in [3.63, 3.8) is 0 Å². The molecule has 2 saturated heterocycles. The fourth-order valence-electron chi connectivity index (χ4n) is 3.58. The number of hydrogen-bond acceptors (Lipinski definition) is 5. The van der Waals surface area contributed by atoms with Gasteiger partial charge >= 0.3 is 0 Å². The fraction of sp³-hybridized carbons (Fsp3) is 0.579. The van der Waals surface area contributed by atoms with Crippen LogP contribution in [0.1, 0.15) is 36.0 Å². The molecule has 2 amide bonds. The SMILES string of the molecule is NC(=O)COc1ccc(C(=O)NC2CCN(C3CCOCC3)CC2)cc1. The van der Waals surface area contributed by atoms with Crippen molar-refractivity contribution >= 4 is 11.8 Å². The molecular formula is C19H27N3O4. The summed E-state index contributed by atoms with van der Waals surface area (Å²) in [5, 5.41) is 3.12. The summed E-state index contributed by atoms with van der Waals surface area (Å²) in [5.41, 5.74) is 5.63. The maximum atomic E-state index is 12.4. The molecule has 142 valence electrons. The van der Waals surface area contributed by atoms with E-state index >= 15 is 0 Å². The number of rotatable bonds is 6. The topological polar surface area (TPSA) is 93.9 Å². The predicted molar refractivity (Wildman–Crippen MR) is 97.0 cm³/mol. The molecule has 2 fully saturated rings. The first-order chi connectivity index (χ1) is 12.6. The van der Waals surface area contributed by atoms with E-state index in [9.17, 15) is 9.59 Å². The lowest BCUT2D eigenvalue weighted by molar-refractivity contribution is -0.119. The molecule has 0 aliphatic carbocycles. The van der Waals surface area contributed by atoms with Crippen LogP contribution >= 0.6 is 0 Å². The molecular weight excluding hydrogens is 334 g/mol. The maximum Gasteiger partial charge on any atom is 0.255 e. The van der Waals surface area contributed by atoms with Gasteiger partial charge in [-0.1, -0.05) is 0 Å². The Bertz CT molecular complexity index is 606. The number of nitrogens with zero attached hydrogens (tertiary/aromatic N) is 1. The van der Waals surface area contributed by atoms with Gasteiger partial charge in [0, 0.05) is 44.0 Å². The zero-order valence-corrected chi connectivity index (χ0v) is 15.0. The Morgan fingerprint density at radius 1 is 1.12 bits per heavy atom. The summed E-state index contributed by atoms with van der Waals surface area (Å²) in [6.07, 6.45) is 4.17. The minimum Gasteiger partial charge on any atom is -0.484 e. The Labute approximate surface area is 153 Å². The van der Waals surface area contributed by atoms with Crippen LogP contribution in [-0.2, 0) is 9.53 Å². The van der Waals surface area contributed by atoms with Crippen LogP contribution in [0.25, 0.3) is 0 Å². The quantitative estimate of drug-likeness (QED) is 0.786. The van der Waals surface area contributed by atoms with Gasteiger partial charge in [0.15, 0.2) is 6.61 Å². The van der Waals surface area contributed by atoms with E-state index in [0.717, 1.165) is 52.0 Å². The number of carbonyl (C=O) groups is 2. The van der Waals surface area contributed by atoms with E-state index in [0.29, 0.717) is 17.4 Å². The lowest BCUT2D eigenvalue weighted by atomic mass is 9.99. The number of nitrogens with one attached hydrogen (secondary N) is 1. The summed E-state index contributed by atoms with van der Waals surface area (Å²) in [5.74, 6) is -0.0833. The second-order valence-electron chi connectivity index (χ2n) is 6.91. The highest BCUT2D eigenvalue weighted by atomic mass is 16.5. The molecule has 0 saturated carbocycles. The van der Waals surface area contributed by atoms with Gasteiger partial charge < -0.3 is 25.4 Å². The zero-order valence-electron chi connectivity index (χ0n) is 15.0. The van der Waals surface area contributed by atoms with Crippen LogP contribution in [0.3, 0.4) is 0 Å². The molecule has 0 unspecified atom stereocenters. The largest absolute Gasteiger partial charge is 0.484 e. The van der Waals surface area contributed by atoms with Gasteiger partial charge in [0.1, 0.15) is 5.75 Å². The first-order valence-electron chi connectivity index (χ1n) is 9.25. The molecule has 7 nitrogen and oxygen atoms in total. The highest BCUT2D eigenvalue weighted by Gasteiger charge is 2.27. The van der Waals surface area contributed by atoms with E-state index in [1.165, 1.54) is 0 Å². The van der Waals surface area contributed by atoms with Crippen molar-refractivity contribution in [2.75, 3.05) is 32.9 Å². The second kappa shape index (κ2) is 9.00. The normalized spacial score (nSPS) is 19.8. The van der Waals surface area contributed by atoms with Crippen LogP contribution < -0.4 is 15.8 Å². The lowest BCUT2D eigenvalue weighted by Crippen LogP contribution is -2.49. The Hall–Kier alpha value is -2.12. The van der Waals surface area contributed by atoms with Gasteiger partial charge in [0.25, 0.3) is 11.8 Å². The molecule has 0 spiro atoms. The van der Waals surface area contributed by atoms with Crippen molar-refractivity contribution in [1.82, 2.24) is 10.2 Å². The molecule has 0 atom stereocenters. The van der Waals surface area contributed by atoms with Crippen LogP contribution in [0.2, 0.25) is 0 Å². The van der Waals surface area contributed by atoms with Gasteiger partial charge in [-0.15, -0.1) is 0 Å². The van der Waals surface area contributed by atoms with E-state index < -0.39 is 5.91 Å². The highest BCUT2D eigenvalue weighted by Crippen LogP contribution is 2.20. The monoisotopic (exact) mass is 361 g/mol. The number of likely N-dealkylation sites (tertiary alicyclic amines) is 1. The summed E-state index contributed by atoms with van der Waals surface area (Å²) in [6.45, 7) is 3.60. The van der Waals surface area contributed by atoms with E-state index in [-0.39, 0.29) is 18.6 Å². The molecule has 3 rings (SSSR count). The summed E-state index contributed by atoms with van der Waals surface area (Å²) in [4.78, 5) is 25.7. The molecule has 3 N–H and O–H groups in total. The summed E-state index contributed by atoms with van der Waals surface area (Å²) in [6, 6.07) is 7.58. The second-order valence-corrected chi connectivity index (χ2v) is 6.91. The third-order valence-electron chi connectivity index (χ3n) is 5.07. The number of ether oxygens (including phenoxy) is 2. The van der Waals surface area contributed by atoms with E-state index in [2.05, 4.69) is 10.2 Å². The smallest absolute Gasteiger partial charge is 0.255 e. The molecule has 7 heteroatoms. The molecule has 1 aromatic carbocycles. The van der Waals surface area contributed by atoms with Crippen LogP contribution in [0, 0.1) is 0 Å². The summed E-state index contributed by atoms with van der Waals surface area (Å²) < 4.78 is 10.6. The summed E-state index contributed by atoms with van der Waals surface area (Å²) in [7, 11) is 0. The molecule has 26 heavy (non-hydrogen) atoms. The average Bonchev–Trinajstić information content (AvgIpc) is 2.68. The number of carbonyl (C=O) groups excluding carboxylic acids is 2. The van der Waals surface area contributed by atoms with Crippen LogP contribution in [0.5, 0.6) is 5.75 Å². The lowest BCUT2D eigenvalue weighted by Gasteiger charge is -2.39. The van der Waals surface area contributed by atoms with Gasteiger partial charge in [-0.2, -0.15) is 0 Å². The maximum absolute atomic E-state index is 12.4. The van der Waals surface area contributed by atoms with Crippen molar-refractivity contribution in [1.29, 1.82) is 0 Å². The van der Waals surface area contributed by atoms with Crippen molar-refractivity contribution < 1.29 is 19.1 Å². The van der Waals surface area contributed by atoms with Gasteiger partial charge in [-0.05, 0) is 49.9 Å². The van der Waals surface area contributed by atoms with E-state index in [4.69, 9.17) is 15.2 Å². The zero-order chi connectivity index (χ0) is 18.4. The Kier molecular flexibility index (Phi) is 6.46. The molecule has 0 aromatic heterocycles. The molecule has 0 bridgehead atoms. The number of hydrogen-bond donors (Lipinski definition) is 2. The third-order valence-corrected chi connectivity index (χ3v) is 5.07. The minimum atomic E-state index is -0.529. The van der Waals surface area contributed by atoms with E-state index in [1.54, 1.807) is 24.3 Å². The Morgan fingerprint density at radius 2 is 1.77 bits per heavy atom. The molecule has 0 radical (unpaired) electrons. The molecule has 2 heterocycles. The predicted octanol–water partition coefficient (Wildman–Crippen LogP) is 0.924. The summed E-state index contributed by atoms with van der Waals surface area (Å²) >= 11 is 0. The van der Waals surface area contributed by atoms with Crippen LogP contribution in [0.15, 0.2) is 24.3 Å². The first-order valence-corrected chi connectivity index (χ1v) is 9.25. The average molecular weight is 361 g/mol. The van der Waals surface area contributed by atoms with Crippen LogP contribution in [-0.4, -0.2) is 61.7 Å². The number of benzene rings is 1. The number of primary amides is 1. The molecule has 2 aliphatic rings. The van der Waals surface area contributed by atoms with Crippen molar-refractivity contribution in [3.05, 3.63) is 29.8 Å².